The molecule has 1 heterocycles. The minimum Gasteiger partial charge on any atom is -0.490 e. The average Bonchev–Trinajstić information content (AvgIpc) is 3.24. The highest BCUT2D eigenvalue weighted by molar-refractivity contribution is 5.94. The molecule has 176 valence electrons. The number of para-hydroxylation sites is 2. The molecule has 35 heavy (non-hydrogen) atoms. The number of nitrogens with one attached hydrogen (secondary N) is 1. The lowest BCUT2D eigenvalue weighted by Crippen LogP contribution is -2.28. The number of imidazole rings is 1. The molecule has 5 rings (SSSR count). The van der Waals surface area contributed by atoms with Crippen LogP contribution in [0, 0.1) is 0 Å². The Labute approximate surface area is 203 Å². The van der Waals surface area contributed by atoms with Crippen LogP contribution in [0.2, 0.25) is 0 Å². The third-order valence-corrected chi connectivity index (χ3v) is 5.98. The first kappa shape index (κ1) is 22.6. The van der Waals surface area contributed by atoms with E-state index < -0.39 is 6.10 Å². The molecule has 1 atom stereocenters. The first-order valence-corrected chi connectivity index (χ1v) is 11.7. The van der Waals surface area contributed by atoms with Crippen molar-refractivity contribution in [2.24, 2.45) is 0 Å². The molecular formula is C29H27N3O3. The summed E-state index contributed by atoms with van der Waals surface area (Å²) in [6, 6.07) is 30.9. The van der Waals surface area contributed by atoms with Gasteiger partial charge in [-0.05, 0) is 35.7 Å². The van der Waals surface area contributed by atoms with Crippen LogP contribution in [0.15, 0.2) is 97.1 Å². The summed E-state index contributed by atoms with van der Waals surface area (Å²) < 4.78 is 8.02. The fourth-order valence-electron chi connectivity index (χ4n) is 4.27. The molecule has 1 aromatic heterocycles. The summed E-state index contributed by atoms with van der Waals surface area (Å²) in [5.41, 5.74) is 2.43. The summed E-state index contributed by atoms with van der Waals surface area (Å²) in [7, 11) is 0. The molecule has 2 N–H and O–H groups in total. The number of rotatable bonds is 9. The summed E-state index contributed by atoms with van der Waals surface area (Å²) in [5, 5.41) is 15.9. The van der Waals surface area contributed by atoms with Gasteiger partial charge in [0.1, 0.15) is 24.3 Å². The van der Waals surface area contributed by atoms with Crippen LogP contribution in [0.3, 0.4) is 0 Å². The number of aliphatic hydroxyl groups excluding tert-OH is 1. The number of ether oxygens (including phenoxy) is 1. The second-order valence-corrected chi connectivity index (χ2v) is 8.44. The summed E-state index contributed by atoms with van der Waals surface area (Å²) in [5.74, 6) is 1.45. The number of hydrogen-bond donors (Lipinski definition) is 2. The second-order valence-electron chi connectivity index (χ2n) is 8.44. The zero-order chi connectivity index (χ0) is 24.0. The molecule has 0 fully saturated rings. The van der Waals surface area contributed by atoms with E-state index in [1.54, 1.807) is 12.1 Å². The average molecular weight is 466 g/mol. The minimum atomic E-state index is -0.732. The van der Waals surface area contributed by atoms with Crippen LogP contribution in [-0.4, -0.2) is 39.8 Å². The number of carbonyl (C=O) groups excluding carboxylic acids is 1. The van der Waals surface area contributed by atoms with E-state index in [1.165, 1.54) is 0 Å². The number of benzene rings is 4. The van der Waals surface area contributed by atoms with Crippen molar-refractivity contribution in [1.29, 1.82) is 0 Å². The third-order valence-electron chi connectivity index (χ3n) is 5.98. The highest BCUT2D eigenvalue weighted by Crippen LogP contribution is 2.25. The lowest BCUT2D eigenvalue weighted by atomic mass is 10.1. The molecule has 5 aromatic rings. The maximum Gasteiger partial charge on any atom is 0.251 e. The first-order valence-electron chi connectivity index (χ1n) is 11.7. The van der Waals surface area contributed by atoms with Crippen molar-refractivity contribution in [1.82, 2.24) is 14.9 Å². The van der Waals surface area contributed by atoms with Gasteiger partial charge in [-0.3, -0.25) is 4.79 Å². The topological polar surface area (TPSA) is 76.4 Å². The van der Waals surface area contributed by atoms with Crippen LogP contribution in [0.1, 0.15) is 16.2 Å². The summed E-state index contributed by atoms with van der Waals surface area (Å²) in [4.78, 5) is 17.1. The van der Waals surface area contributed by atoms with E-state index in [0.717, 1.165) is 33.4 Å². The molecule has 0 bridgehead atoms. The van der Waals surface area contributed by atoms with Crippen LogP contribution >= 0.6 is 0 Å². The summed E-state index contributed by atoms with van der Waals surface area (Å²) >= 11 is 0. The van der Waals surface area contributed by atoms with E-state index >= 15 is 0 Å². The van der Waals surface area contributed by atoms with Crippen molar-refractivity contribution in [2.45, 2.75) is 19.1 Å². The van der Waals surface area contributed by atoms with Gasteiger partial charge in [0.15, 0.2) is 0 Å². The van der Waals surface area contributed by atoms with E-state index in [-0.39, 0.29) is 12.5 Å². The van der Waals surface area contributed by atoms with Gasteiger partial charge in [-0.25, -0.2) is 4.98 Å². The van der Waals surface area contributed by atoms with Gasteiger partial charge >= 0.3 is 0 Å². The Morgan fingerprint density at radius 1 is 0.914 bits per heavy atom. The van der Waals surface area contributed by atoms with Crippen molar-refractivity contribution in [3.63, 3.8) is 0 Å². The van der Waals surface area contributed by atoms with Crippen molar-refractivity contribution >= 4 is 27.7 Å². The Bertz CT molecular complexity index is 1440. The molecule has 0 aliphatic carbocycles. The molecule has 0 spiro atoms. The van der Waals surface area contributed by atoms with Crippen molar-refractivity contribution in [3.05, 3.63) is 108 Å². The summed E-state index contributed by atoms with van der Waals surface area (Å²) in [6.07, 6.45) is -0.186. The monoisotopic (exact) mass is 465 g/mol. The maximum atomic E-state index is 12.4. The number of nitrogens with zero attached hydrogens (tertiary/aromatic N) is 2. The lowest BCUT2D eigenvalue weighted by Gasteiger charge is -2.17. The standard InChI is InChI=1S/C29H27N3O3/c33-23(20-35-27-16-8-12-21-9-4-5-13-24(21)27)19-32-26-15-7-6-14-25(26)31-28(32)17-18-30-29(34)22-10-2-1-3-11-22/h1-16,23,33H,17-20H2,(H,30,34). The van der Waals surface area contributed by atoms with E-state index in [4.69, 9.17) is 9.72 Å². The Morgan fingerprint density at radius 3 is 2.54 bits per heavy atom. The molecule has 0 radical (unpaired) electrons. The van der Waals surface area contributed by atoms with Gasteiger partial charge < -0.3 is 19.7 Å². The number of carbonyl (C=O) groups is 1. The van der Waals surface area contributed by atoms with E-state index in [9.17, 15) is 9.90 Å². The number of fused-ring (bicyclic) bond motifs is 2. The second kappa shape index (κ2) is 10.4. The van der Waals surface area contributed by atoms with Crippen molar-refractivity contribution in [2.75, 3.05) is 13.2 Å². The Kier molecular flexibility index (Phi) is 6.73. The van der Waals surface area contributed by atoms with Gasteiger partial charge in [0.2, 0.25) is 0 Å². The Hall–Kier alpha value is -4.16. The molecular weight excluding hydrogens is 438 g/mol. The molecule has 1 amide bonds. The number of aromatic nitrogens is 2. The van der Waals surface area contributed by atoms with Gasteiger partial charge in [0.05, 0.1) is 17.6 Å². The fourth-order valence-corrected chi connectivity index (χ4v) is 4.27. The van der Waals surface area contributed by atoms with Gasteiger partial charge in [-0.1, -0.05) is 66.7 Å². The van der Waals surface area contributed by atoms with Crippen LogP contribution in [0.5, 0.6) is 5.75 Å². The van der Waals surface area contributed by atoms with E-state index in [2.05, 4.69) is 5.32 Å². The van der Waals surface area contributed by atoms with E-state index in [1.807, 2.05) is 89.5 Å². The zero-order valence-corrected chi connectivity index (χ0v) is 19.3. The Balaban J connectivity index is 1.27. The molecule has 0 saturated heterocycles. The van der Waals surface area contributed by atoms with Crippen LogP contribution in [0.25, 0.3) is 21.8 Å². The van der Waals surface area contributed by atoms with Gasteiger partial charge in [-0.2, -0.15) is 0 Å². The summed E-state index contributed by atoms with van der Waals surface area (Å²) in [6.45, 7) is 0.942. The fraction of sp³-hybridized carbons (Fsp3) is 0.172. The maximum absolute atomic E-state index is 12.4. The van der Waals surface area contributed by atoms with Gasteiger partial charge in [0.25, 0.3) is 5.91 Å². The molecule has 0 aliphatic rings. The van der Waals surface area contributed by atoms with Crippen LogP contribution in [-0.2, 0) is 13.0 Å². The lowest BCUT2D eigenvalue weighted by molar-refractivity contribution is 0.0929. The number of aliphatic hydroxyl groups is 1. The third kappa shape index (κ3) is 5.18. The minimum absolute atomic E-state index is 0.114. The molecule has 1 unspecified atom stereocenters. The number of amides is 1. The largest absolute Gasteiger partial charge is 0.490 e. The first-order chi connectivity index (χ1) is 17.2. The highest BCUT2D eigenvalue weighted by Gasteiger charge is 2.16. The van der Waals surface area contributed by atoms with Crippen LogP contribution in [0.4, 0.5) is 0 Å². The predicted molar refractivity (Wildman–Crippen MR) is 138 cm³/mol. The quantitative estimate of drug-likeness (QED) is 0.334. The van der Waals surface area contributed by atoms with Crippen LogP contribution < -0.4 is 10.1 Å². The predicted octanol–water partition coefficient (Wildman–Crippen LogP) is 4.60. The SMILES string of the molecule is O=C(NCCc1nc2ccccc2n1CC(O)COc1cccc2ccccc12)c1ccccc1. The molecule has 6 heteroatoms. The molecule has 0 aliphatic heterocycles. The molecule has 0 saturated carbocycles. The number of hydrogen-bond acceptors (Lipinski definition) is 4. The van der Waals surface area contributed by atoms with Gasteiger partial charge in [-0.15, -0.1) is 0 Å². The van der Waals surface area contributed by atoms with Crippen molar-refractivity contribution in [3.8, 4) is 5.75 Å². The van der Waals surface area contributed by atoms with Gasteiger partial charge in [0, 0.05) is 23.9 Å². The normalized spacial score (nSPS) is 12.0. The van der Waals surface area contributed by atoms with Crippen molar-refractivity contribution < 1.29 is 14.6 Å². The molecule has 4 aromatic carbocycles. The highest BCUT2D eigenvalue weighted by atomic mass is 16.5. The molecule has 6 nitrogen and oxygen atoms in total. The smallest absolute Gasteiger partial charge is 0.251 e. The Morgan fingerprint density at radius 2 is 1.66 bits per heavy atom. The van der Waals surface area contributed by atoms with E-state index in [0.29, 0.717) is 25.1 Å². The zero-order valence-electron chi connectivity index (χ0n) is 19.3.